The Labute approximate surface area is 117 Å². The average molecular weight is 292 g/mol. The summed E-state index contributed by atoms with van der Waals surface area (Å²) >= 11 is 0. The first kappa shape index (κ1) is 16.9. The van der Waals surface area contributed by atoms with Gasteiger partial charge >= 0.3 is 0 Å². The molecule has 0 aliphatic carbocycles. The molecule has 1 saturated heterocycles. The molecule has 0 spiro atoms. The summed E-state index contributed by atoms with van der Waals surface area (Å²) in [4.78, 5) is 0. The van der Waals surface area contributed by atoms with Gasteiger partial charge in [0.1, 0.15) is 0 Å². The Bertz CT molecular complexity index is 349. The van der Waals surface area contributed by atoms with Crippen molar-refractivity contribution in [2.24, 2.45) is 0 Å². The molecule has 0 saturated carbocycles. The Morgan fingerprint density at radius 3 is 2.42 bits per heavy atom. The third-order valence-corrected chi connectivity index (χ3v) is 5.02. The fraction of sp³-hybridized carbons (Fsp3) is 1.00. The second-order valence-corrected chi connectivity index (χ2v) is 7.75. The molecule has 0 radical (unpaired) electrons. The van der Waals surface area contributed by atoms with Gasteiger partial charge in [-0.1, -0.05) is 13.8 Å². The molecule has 0 aromatic carbocycles. The molecule has 0 aromatic heterocycles. The maximum absolute atomic E-state index is 12.0. The summed E-state index contributed by atoms with van der Waals surface area (Å²) in [5, 5.41) is 3.29. The zero-order chi connectivity index (χ0) is 14.4. The van der Waals surface area contributed by atoms with Crippen LogP contribution in [0.25, 0.3) is 0 Å². The van der Waals surface area contributed by atoms with Crippen molar-refractivity contribution in [2.45, 2.75) is 58.0 Å². The Morgan fingerprint density at radius 1 is 1.21 bits per heavy atom. The summed E-state index contributed by atoms with van der Waals surface area (Å²) in [6.45, 7) is 8.29. The average Bonchev–Trinajstić information content (AvgIpc) is 2.27. The van der Waals surface area contributed by atoms with Crippen LogP contribution in [0, 0.1) is 0 Å². The fourth-order valence-electron chi connectivity index (χ4n) is 2.16. The summed E-state index contributed by atoms with van der Waals surface area (Å²) in [6, 6.07) is 0.455. The molecule has 0 bridgehead atoms. The number of ether oxygens (including phenoxy) is 1. The van der Waals surface area contributed by atoms with Gasteiger partial charge in [0.05, 0.1) is 5.75 Å². The SMILES string of the molecule is CC(C)NCCCCS(=O)(=O)NC1(C)CCOCC1. The first-order valence-corrected chi connectivity index (χ1v) is 8.81. The topological polar surface area (TPSA) is 67.4 Å². The molecular weight excluding hydrogens is 264 g/mol. The number of sulfonamides is 1. The molecule has 2 N–H and O–H groups in total. The molecule has 1 aliphatic rings. The number of hydrogen-bond acceptors (Lipinski definition) is 4. The monoisotopic (exact) mass is 292 g/mol. The predicted molar refractivity (Wildman–Crippen MR) is 77.8 cm³/mol. The van der Waals surface area contributed by atoms with E-state index in [-0.39, 0.29) is 11.3 Å². The minimum absolute atomic E-state index is 0.212. The lowest BCUT2D eigenvalue weighted by Crippen LogP contribution is -2.50. The summed E-state index contributed by atoms with van der Waals surface area (Å²) < 4.78 is 32.2. The van der Waals surface area contributed by atoms with Gasteiger partial charge in [0.2, 0.25) is 10.0 Å². The van der Waals surface area contributed by atoms with Crippen molar-refractivity contribution < 1.29 is 13.2 Å². The van der Waals surface area contributed by atoms with E-state index in [1.807, 2.05) is 6.92 Å². The quantitative estimate of drug-likeness (QED) is 0.661. The normalized spacial score (nSPS) is 19.8. The van der Waals surface area contributed by atoms with Crippen molar-refractivity contribution >= 4 is 10.0 Å². The lowest BCUT2D eigenvalue weighted by atomic mass is 9.94. The Kier molecular flexibility index (Phi) is 6.73. The van der Waals surface area contributed by atoms with E-state index < -0.39 is 10.0 Å². The molecule has 0 amide bonds. The maximum Gasteiger partial charge on any atom is 0.212 e. The minimum atomic E-state index is -3.17. The van der Waals surface area contributed by atoms with Gasteiger partial charge in [-0.25, -0.2) is 13.1 Å². The van der Waals surface area contributed by atoms with Crippen LogP contribution in [0.5, 0.6) is 0 Å². The van der Waals surface area contributed by atoms with Gasteiger partial charge in [0.25, 0.3) is 0 Å². The van der Waals surface area contributed by atoms with Crippen molar-refractivity contribution in [3.8, 4) is 0 Å². The second kappa shape index (κ2) is 7.57. The van der Waals surface area contributed by atoms with Crippen LogP contribution in [0.1, 0.15) is 46.5 Å². The summed E-state index contributed by atoms with van der Waals surface area (Å²) in [7, 11) is -3.17. The van der Waals surface area contributed by atoms with E-state index in [2.05, 4.69) is 23.9 Å². The van der Waals surface area contributed by atoms with E-state index >= 15 is 0 Å². The Hall–Kier alpha value is -0.170. The zero-order valence-corrected chi connectivity index (χ0v) is 13.2. The summed E-state index contributed by atoms with van der Waals surface area (Å²) in [5.41, 5.74) is -0.326. The zero-order valence-electron chi connectivity index (χ0n) is 12.4. The van der Waals surface area contributed by atoms with Crippen LogP contribution in [-0.2, 0) is 14.8 Å². The molecular formula is C13H28N2O3S. The maximum atomic E-state index is 12.0. The highest BCUT2D eigenvalue weighted by Gasteiger charge is 2.31. The van der Waals surface area contributed by atoms with Crippen molar-refractivity contribution in [1.82, 2.24) is 10.0 Å². The molecule has 5 nitrogen and oxygen atoms in total. The number of rotatable bonds is 8. The Balaban J connectivity index is 2.27. The van der Waals surface area contributed by atoms with E-state index in [4.69, 9.17) is 4.74 Å². The second-order valence-electron chi connectivity index (χ2n) is 5.91. The molecule has 1 aliphatic heterocycles. The molecule has 1 fully saturated rings. The molecule has 1 rings (SSSR count). The molecule has 1 heterocycles. The summed E-state index contributed by atoms with van der Waals surface area (Å²) in [5.74, 6) is 0.212. The molecule has 19 heavy (non-hydrogen) atoms. The third-order valence-electron chi connectivity index (χ3n) is 3.39. The lowest BCUT2D eigenvalue weighted by molar-refractivity contribution is 0.0537. The van der Waals surface area contributed by atoms with Gasteiger partial charge in [-0.2, -0.15) is 0 Å². The molecule has 114 valence electrons. The van der Waals surface area contributed by atoms with Gasteiger partial charge in [-0.05, 0) is 39.2 Å². The highest BCUT2D eigenvalue weighted by atomic mass is 32.2. The van der Waals surface area contributed by atoms with Gasteiger partial charge in [0, 0.05) is 24.8 Å². The predicted octanol–water partition coefficient (Wildman–Crippen LogP) is 1.25. The van der Waals surface area contributed by atoms with Crippen LogP contribution in [0.4, 0.5) is 0 Å². The highest BCUT2D eigenvalue weighted by molar-refractivity contribution is 7.89. The molecule has 0 aromatic rings. The molecule has 0 unspecified atom stereocenters. The van der Waals surface area contributed by atoms with Crippen LogP contribution < -0.4 is 10.0 Å². The van der Waals surface area contributed by atoms with E-state index in [0.717, 1.165) is 25.8 Å². The van der Waals surface area contributed by atoms with Crippen LogP contribution >= 0.6 is 0 Å². The van der Waals surface area contributed by atoms with Crippen molar-refractivity contribution in [3.05, 3.63) is 0 Å². The Morgan fingerprint density at radius 2 is 1.84 bits per heavy atom. The largest absolute Gasteiger partial charge is 0.381 e. The molecule has 0 atom stereocenters. The van der Waals surface area contributed by atoms with E-state index in [9.17, 15) is 8.42 Å². The van der Waals surface area contributed by atoms with Gasteiger partial charge < -0.3 is 10.1 Å². The van der Waals surface area contributed by atoms with Crippen LogP contribution in [-0.4, -0.2) is 45.5 Å². The van der Waals surface area contributed by atoms with Crippen molar-refractivity contribution in [3.63, 3.8) is 0 Å². The van der Waals surface area contributed by atoms with Gasteiger partial charge in [-0.3, -0.25) is 0 Å². The molecule has 6 heteroatoms. The first-order valence-electron chi connectivity index (χ1n) is 7.16. The standard InChI is InChI=1S/C13H28N2O3S/c1-12(2)14-8-4-5-11-19(16,17)15-13(3)6-9-18-10-7-13/h12,14-15H,4-11H2,1-3H3. The first-order chi connectivity index (χ1) is 8.83. The van der Waals surface area contributed by atoms with E-state index in [0.29, 0.717) is 25.7 Å². The van der Waals surface area contributed by atoms with Crippen molar-refractivity contribution in [1.29, 1.82) is 0 Å². The van der Waals surface area contributed by atoms with E-state index in [1.165, 1.54) is 0 Å². The van der Waals surface area contributed by atoms with Crippen LogP contribution in [0.2, 0.25) is 0 Å². The highest BCUT2D eigenvalue weighted by Crippen LogP contribution is 2.20. The van der Waals surface area contributed by atoms with Gasteiger partial charge in [-0.15, -0.1) is 0 Å². The lowest BCUT2D eigenvalue weighted by Gasteiger charge is -2.34. The third kappa shape index (κ3) is 7.25. The van der Waals surface area contributed by atoms with Gasteiger partial charge in [0.15, 0.2) is 0 Å². The number of nitrogens with one attached hydrogen (secondary N) is 2. The van der Waals surface area contributed by atoms with Crippen LogP contribution in [0.15, 0.2) is 0 Å². The van der Waals surface area contributed by atoms with Crippen molar-refractivity contribution in [2.75, 3.05) is 25.5 Å². The smallest absolute Gasteiger partial charge is 0.212 e. The number of unbranched alkanes of at least 4 members (excludes halogenated alkanes) is 1. The fourth-order valence-corrected chi connectivity index (χ4v) is 3.80. The summed E-state index contributed by atoms with van der Waals surface area (Å²) in [6.07, 6.45) is 3.09. The van der Waals surface area contributed by atoms with E-state index in [1.54, 1.807) is 0 Å². The number of hydrogen-bond donors (Lipinski definition) is 2. The minimum Gasteiger partial charge on any atom is -0.381 e. The van der Waals surface area contributed by atoms with Crippen LogP contribution in [0.3, 0.4) is 0 Å².